The van der Waals surface area contributed by atoms with Crippen LogP contribution in [0.25, 0.3) is 0 Å². The van der Waals surface area contributed by atoms with Crippen LogP contribution in [0.15, 0.2) is 6.07 Å². The summed E-state index contributed by atoms with van der Waals surface area (Å²) in [6.45, 7) is 7.67. The maximum atomic E-state index is 6.25. The number of hydrogen-bond acceptors (Lipinski definition) is 1. The highest BCUT2D eigenvalue weighted by atomic mass is 35.5. The van der Waals surface area contributed by atoms with Crippen molar-refractivity contribution in [2.75, 3.05) is 0 Å². The molecule has 0 radical (unpaired) electrons. The molecule has 1 saturated carbocycles. The third kappa shape index (κ3) is 2.85. The van der Waals surface area contributed by atoms with Gasteiger partial charge in [-0.2, -0.15) is 5.10 Å². The van der Waals surface area contributed by atoms with Crippen molar-refractivity contribution in [3.8, 4) is 0 Å². The molecule has 1 heterocycles. The fourth-order valence-corrected chi connectivity index (χ4v) is 3.43. The molecule has 1 aliphatic carbocycles. The first kappa shape index (κ1) is 12.9. The van der Waals surface area contributed by atoms with Crippen molar-refractivity contribution < 1.29 is 0 Å². The molecule has 2 atom stereocenters. The summed E-state index contributed by atoms with van der Waals surface area (Å²) >= 11 is 6.25. The van der Waals surface area contributed by atoms with E-state index in [0.717, 1.165) is 25.8 Å². The highest BCUT2D eigenvalue weighted by molar-refractivity contribution is 6.20. The Bertz CT molecular complexity index is 386. The molecule has 1 aromatic rings. The van der Waals surface area contributed by atoms with Crippen molar-refractivity contribution in [1.82, 2.24) is 9.78 Å². The average molecular weight is 255 g/mol. The molecular formula is C14H23ClN2. The predicted molar refractivity (Wildman–Crippen MR) is 72.6 cm³/mol. The lowest BCUT2D eigenvalue weighted by molar-refractivity contribution is 0.324. The molecule has 2 unspecified atom stereocenters. The zero-order valence-electron chi connectivity index (χ0n) is 11.2. The lowest BCUT2D eigenvalue weighted by Gasteiger charge is -2.23. The van der Waals surface area contributed by atoms with E-state index in [1.165, 1.54) is 24.2 Å². The van der Waals surface area contributed by atoms with Crippen molar-refractivity contribution in [3.05, 3.63) is 17.5 Å². The van der Waals surface area contributed by atoms with Crippen LogP contribution in [0.3, 0.4) is 0 Å². The first-order valence-corrected chi connectivity index (χ1v) is 7.19. The van der Waals surface area contributed by atoms with Crippen molar-refractivity contribution in [1.29, 1.82) is 0 Å². The third-order valence-electron chi connectivity index (χ3n) is 3.96. The molecular weight excluding hydrogens is 232 g/mol. The molecule has 1 fully saturated rings. The smallest absolute Gasteiger partial charge is 0.0624 e. The fraction of sp³-hybridized carbons (Fsp3) is 0.786. The molecule has 96 valence electrons. The van der Waals surface area contributed by atoms with Crippen LogP contribution in [0.4, 0.5) is 0 Å². The van der Waals surface area contributed by atoms with Crippen LogP contribution in [0.5, 0.6) is 0 Å². The standard InChI is InChI=1S/C14H23ClN2/c1-4-12-8-13(17(5-2)16-12)10-14(3)7-6-11(15)9-14/h8,11H,4-7,9-10H2,1-3H3. The number of nitrogens with zero attached hydrogens (tertiary/aromatic N) is 2. The summed E-state index contributed by atoms with van der Waals surface area (Å²) in [5.41, 5.74) is 2.98. The van der Waals surface area contributed by atoms with Crippen LogP contribution in [-0.4, -0.2) is 15.2 Å². The molecule has 3 heteroatoms. The number of aryl methyl sites for hydroxylation is 2. The highest BCUT2D eigenvalue weighted by Crippen LogP contribution is 2.42. The Morgan fingerprint density at radius 1 is 1.53 bits per heavy atom. The summed E-state index contributed by atoms with van der Waals surface area (Å²) in [5, 5.41) is 5.00. The van der Waals surface area contributed by atoms with Crippen LogP contribution in [0.1, 0.15) is 51.4 Å². The van der Waals surface area contributed by atoms with Crippen LogP contribution >= 0.6 is 11.6 Å². The van der Waals surface area contributed by atoms with E-state index < -0.39 is 0 Å². The molecule has 0 aromatic carbocycles. The molecule has 1 aromatic heterocycles. The van der Waals surface area contributed by atoms with Crippen molar-refractivity contribution in [2.45, 2.75) is 64.8 Å². The van der Waals surface area contributed by atoms with Crippen LogP contribution in [0, 0.1) is 5.41 Å². The van der Waals surface area contributed by atoms with Crippen LogP contribution < -0.4 is 0 Å². The third-order valence-corrected chi connectivity index (χ3v) is 4.33. The zero-order chi connectivity index (χ0) is 12.5. The summed E-state index contributed by atoms with van der Waals surface area (Å²) in [6.07, 6.45) is 5.70. The van der Waals surface area contributed by atoms with Gasteiger partial charge in [-0.1, -0.05) is 13.8 Å². The lowest BCUT2D eigenvalue weighted by atomic mass is 9.84. The van der Waals surface area contributed by atoms with Gasteiger partial charge in [0.2, 0.25) is 0 Å². The number of alkyl halides is 1. The quantitative estimate of drug-likeness (QED) is 0.748. The minimum Gasteiger partial charge on any atom is -0.270 e. The maximum absolute atomic E-state index is 6.25. The van der Waals surface area contributed by atoms with E-state index in [9.17, 15) is 0 Å². The van der Waals surface area contributed by atoms with Gasteiger partial charge in [0.15, 0.2) is 0 Å². The Morgan fingerprint density at radius 3 is 2.82 bits per heavy atom. The number of rotatable bonds is 4. The van der Waals surface area contributed by atoms with Gasteiger partial charge >= 0.3 is 0 Å². The predicted octanol–water partition coefficient (Wildman–Crippen LogP) is 3.81. The first-order valence-electron chi connectivity index (χ1n) is 6.76. The van der Waals surface area contributed by atoms with E-state index in [1.54, 1.807) is 0 Å². The van der Waals surface area contributed by atoms with E-state index in [2.05, 4.69) is 36.6 Å². The van der Waals surface area contributed by atoms with Gasteiger partial charge in [-0.3, -0.25) is 4.68 Å². The molecule has 17 heavy (non-hydrogen) atoms. The van der Waals surface area contributed by atoms with Crippen molar-refractivity contribution in [2.24, 2.45) is 5.41 Å². The Hall–Kier alpha value is -0.500. The maximum Gasteiger partial charge on any atom is 0.0624 e. The summed E-state index contributed by atoms with van der Waals surface area (Å²) < 4.78 is 2.16. The summed E-state index contributed by atoms with van der Waals surface area (Å²) in [5.74, 6) is 0. The fourth-order valence-electron chi connectivity index (χ4n) is 2.95. The molecule has 0 amide bonds. The minimum absolute atomic E-state index is 0.378. The van der Waals surface area contributed by atoms with Gasteiger partial charge in [-0.25, -0.2) is 0 Å². The second kappa shape index (κ2) is 5.01. The van der Waals surface area contributed by atoms with E-state index in [1.807, 2.05) is 0 Å². The van der Waals surface area contributed by atoms with E-state index in [4.69, 9.17) is 11.6 Å². The monoisotopic (exact) mass is 254 g/mol. The Balaban J connectivity index is 2.14. The topological polar surface area (TPSA) is 17.8 Å². The number of aromatic nitrogens is 2. The molecule has 2 rings (SSSR count). The van der Waals surface area contributed by atoms with E-state index in [-0.39, 0.29) is 0 Å². The average Bonchev–Trinajstić information content (AvgIpc) is 2.83. The molecule has 0 aliphatic heterocycles. The number of halogens is 1. The van der Waals surface area contributed by atoms with E-state index >= 15 is 0 Å². The molecule has 0 bridgehead atoms. The van der Waals surface area contributed by atoms with Crippen molar-refractivity contribution >= 4 is 11.6 Å². The van der Waals surface area contributed by atoms with E-state index in [0.29, 0.717) is 10.8 Å². The van der Waals surface area contributed by atoms with Gasteiger partial charge in [0.05, 0.1) is 5.69 Å². The highest BCUT2D eigenvalue weighted by Gasteiger charge is 2.35. The second-order valence-electron chi connectivity index (χ2n) is 5.62. The lowest BCUT2D eigenvalue weighted by Crippen LogP contribution is -2.18. The SMILES string of the molecule is CCc1cc(CC2(C)CCC(Cl)C2)n(CC)n1. The molecule has 0 N–H and O–H groups in total. The molecule has 0 saturated heterocycles. The molecule has 0 spiro atoms. The van der Waals surface area contributed by atoms with Gasteiger partial charge in [0.25, 0.3) is 0 Å². The molecule has 1 aliphatic rings. The van der Waals surface area contributed by atoms with Gasteiger partial charge in [0, 0.05) is 17.6 Å². The Kier molecular flexibility index (Phi) is 3.82. The van der Waals surface area contributed by atoms with Crippen LogP contribution in [-0.2, 0) is 19.4 Å². The Labute approximate surface area is 109 Å². The van der Waals surface area contributed by atoms with Gasteiger partial charge in [-0.05, 0) is 50.5 Å². The summed E-state index contributed by atoms with van der Waals surface area (Å²) in [7, 11) is 0. The minimum atomic E-state index is 0.378. The summed E-state index contributed by atoms with van der Waals surface area (Å²) in [6, 6.07) is 2.27. The zero-order valence-corrected chi connectivity index (χ0v) is 11.9. The molecule has 2 nitrogen and oxygen atoms in total. The number of hydrogen-bond donors (Lipinski definition) is 0. The normalized spacial score (nSPS) is 28.8. The largest absolute Gasteiger partial charge is 0.270 e. The van der Waals surface area contributed by atoms with Crippen molar-refractivity contribution in [3.63, 3.8) is 0 Å². The van der Waals surface area contributed by atoms with Gasteiger partial charge < -0.3 is 0 Å². The second-order valence-corrected chi connectivity index (χ2v) is 6.24. The van der Waals surface area contributed by atoms with Crippen LogP contribution in [0.2, 0.25) is 0 Å². The summed E-state index contributed by atoms with van der Waals surface area (Å²) in [4.78, 5) is 0. The van der Waals surface area contributed by atoms with Gasteiger partial charge in [-0.15, -0.1) is 11.6 Å². The van der Waals surface area contributed by atoms with Gasteiger partial charge in [0.1, 0.15) is 0 Å². The first-order chi connectivity index (χ1) is 8.06. The Morgan fingerprint density at radius 2 is 2.29 bits per heavy atom.